The highest BCUT2D eigenvalue weighted by Crippen LogP contribution is 2.28. The molecule has 8 nitrogen and oxygen atoms in total. The van der Waals surface area contributed by atoms with Crippen LogP contribution in [0.3, 0.4) is 0 Å². The molecule has 0 radical (unpaired) electrons. The minimum Gasteiger partial charge on any atom is -0.790 e. The maximum Gasteiger partial charge on any atom is 0.189 e. The quantitative estimate of drug-likeness (QED) is 0.446. The van der Waals surface area contributed by atoms with Crippen LogP contribution in [0.2, 0.25) is 0 Å². The van der Waals surface area contributed by atoms with E-state index >= 15 is 0 Å². The number of rotatable bonds is 3. The van der Waals surface area contributed by atoms with E-state index in [0.717, 1.165) is 0 Å². The number of hydrogen-bond donors (Lipinski definition) is 3. The van der Waals surface area contributed by atoms with Gasteiger partial charge in [0.05, 0.1) is 14.4 Å². The molecule has 0 saturated carbocycles. The molecular formula is C6H10FO8P-2. The first-order chi connectivity index (χ1) is 7.22. The Balaban J connectivity index is 2.57. The zero-order valence-corrected chi connectivity index (χ0v) is 8.70. The first kappa shape index (κ1) is 13.9. The van der Waals surface area contributed by atoms with E-state index in [1.807, 2.05) is 0 Å². The van der Waals surface area contributed by atoms with Crippen LogP contribution < -0.4 is 9.79 Å². The first-order valence-electron chi connectivity index (χ1n) is 4.22. The molecule has 0 spiro atoms. The van der Waals surface area contributed by atoms with Crippen molar-refractivity contribution < 1.29 is 43.3 Å². The Labute approximate surface area is 89.5 Å². The first-order valence-corrected chi connectivity index (χ1v) is 5.69. The molecule has 0 amide bonds. The number of phosphoric ester groups is 1. The van der Waals surface area contributed by atoms with E-state index in [1.54, 1.807) is 0 Å². The molecule has 0 bridgehead atoms. The molecular weight excluding hydrogens is 250 g/mol. The van der Waals surface area contributed by atoms with Crippen LogP contribution >= 0.6 is 7.82 Å². The molecule has 5 atom stereocenters. The minimum absolute atomic E-state index is 0.910. The van der Waals surface area contributed by atoms with Crippen molar-refractivity contribution >= 4 is 7.82 Å². The molecule has 1 unspecified atom stereocenters. The van der Waals surface area contributed by atoms with Crippen molar-refractivity contribution in [3.63, 3.8) is 0 Å². The zero-order valence-electron chi connectivity index (χ0n) is 7.80. The lowest BCUT2D eigenvalue weighted by molar-refractivity contribution is -0.346. The standard InChI is InChI=1S/C6H12FO8P/c7-3-5(9)4(8)2(15-6(3)10)1-14-16(11,12)13/h2-6,8-10H,1H2,(H2,11,12,13)/p-2/t2-,3-,4-,5-,6?/m1/s1. The van der Waals surface area contributed by atoms with Gasteiger partial charge in [-0.2, -0.15) is 0 Å². The summed E-state index contributed by atoms with van der Waals surface area (Å²) in [6.45, 7) is -0.910. The summed E-state index contributed by atoms with van der Waals surface area (Å²) in [5.74, 6) is 0. The van der Waals surface area contributed by atoms with Gasteiger partial charge in [0.25, 0.3) is 0 Å². The van der Waals surface area contributed by atoms with Gasteiger partial charge in [0.1, 0.15) is 18.3 Å². The predicted octanol–water partition coefficient (Wildman–Crippen LogP) is -3.39. The van der Waals surface area contributed by atoms with Crippen molar-refractivity contribution in [2.75, 3.05) is 6.61 Å². The average Bonchev–Trinajstić information content (AvgIpc) is 2.17. The monoisotopic (exact) mass is 260 g/mol. The van der Waals surface area contributed by atoms with Crippen LogP contribution in [0.5, 0.6) is 0 Å². The lowest BCUT2D eigenvalue weighted by Gasteiger charge is -2.39. The van der Waals surface area contributed by atoms with Gasteiger partial charge >= 0.3 is 0 Å². The van der Waals surface area contributed by atoms with Crippen molar-refractivity contribution in [3.05, 3.63) is 0 Å². The molecule has 1 aliphatic heterocycles. The van der Waals surface area contributed by atoms with Crippen LogP contribution in [0.1, 0.15) is 0 Å². The predicted molar refractivity (Wildman–Crippen MR) is 41.3 cm³/mol. The molecule has 1 heterocycles. The molecule has 1 fully saturated rings. The minimum atomic E-state index is -5.26. The second kappa shape index (κ2) is 5.03. The van der Waals surface area contributed by atoms with E-state index < -0.39 is 45.2 Å². The smallest absolute Gasteiger partial charge is 0.189 e. The highest BCUT2D eigenvalue weighted by atomic mass is 31.2. The summed E-state index contributed by atoms with van der Waals surface area (Å²) in [5, 5.41) is 27.2. The van der Waals surface area contributed by atoms with Crippen LogP contribution in [-0.4, -0.2) is 52.7 Å². The van der Waals surface area contributed by atoms with Crippen molar-refractivity contribution in [1.82, 2.24) is 0 Å². The molecule has 0 aromatic heterocycles. The van der Waals surface area contributed by atoms with Gasteiger partial charge in [-0.3, -0.25) is 0 Å². The lowest BCUT2D eigenvalue weighted by atomic mass is 10.0. The molecule has 0 aromatic rings. The number of aliphatic hydroxyl groups excluding tert-OH is 3. The van der Waals surface area contributed by atoms with Gasteiger partial charge in [-0.1, -0.05) is 0 Å². The molecule has 1 aliphatic rings. The van der Waals surface area contributed by atoms with Gasteiger partial charge in [0, 0.05) is 0 Å². The Morgan fingerprint density at radius 2 is 1.88 bits per heavy atom. The fraction of sp³-hybridized carbons (Fsp3) is 1.00. The van der Waals surface area contributed by atoms with Crippen molar-refractivity contribution in [1.29, 1.82) is 0 Å². The Kier molecular flexibility index (Phi) is 4.38. The van der Waals surface area contributed by atoms with Crippen molar-refractivity contribution in [2.45, 2.75) is 30.8 Å². The molecule has 0 aromatic carbocycles. The summed E-state index contributed by atoms with van der Waals surface area (Å²) in [5.41, 5.74) is 0. The fourth-order valence-electron chi connectivity index (χ4n) is 1.21. The summed E-state index contributed by atoms with van der Waals surface area (Å²) in [4.78, 5) is 20.2. The fourth-order valence-corrected chi connectivity index (χ4v) is 1.54. The molecule has 96 valence electrons. The second-order valence-corrected chi connectivity index (χ2v) is 4.39. The van der Waals surface area contributed by atoms with Crippen LogP contribution in [0.4, 0.5) is 4.39 Å². The summed E-state index contributed by atoms with van der Waals surface area (Å²) in [7, 11) is -5.26. The van der Waals surface area contributed by atoms with Crippen molar-refractivity contribution in [3.8, 4) is 0 Å². The van der Waals surface area contributed by atoms with E-state index in [-0.39, 0.29) is 0 Å². The summed E-state index contributed by atoms with van der Waals surface area (Å²) in [6.07, 6.45) is -9.50. The average molecular weight is 260 g/mol. The van der Waals surface area contributed by atoms with E-state index in [1.165, 1.54) is 0 Å². The molecule has 10 heteroatoms. The van der Waals surface area contributed by atoms with Gasteiger partial charge in [-0.15, -0.1) is 0 Å². The number of hydrogen-bond acceptors (Lipinski definition) is 8. The van der Waals surface area contributed by atoms with Crippen LogP contribution in [0, 0.1) is 0 Å². The number of aliphatic hydroxyl groups is 3. The molecule has 3 N–H and O–H groups in total. The number of alkyl halides is 1. The number of phosphoric acid groups is 1. The Hall–Kier alpha value is -0.120. The van der Waals surface area contributed by atoms with Crippen molar-refractivity contribution in [2.24, 2.45) is 0 Å². The molecule has 16 heavy (non-hydrogen) atoms. The summed E-state index contributed by atoms with van der Waals surface area (Å²) >= 11 is 0. The van der Waals surface area contributed by atoms with E-state index in [0.29, 0.717) is 0 Å². The van der Waals surface area contributed by atoms with Gasteiger partial charge < -0.3 is 38.9 Å². The van der Waals surface area contributed by atoms with Crippen LogP contribution in [0.25, 0.3) is 0 Å². The highest BCUT2D eigenvalue weighted by molar-refractivity contribution is 7.43. The third kappa shape index (κ3) is 3.44. The summed E-state index contributed by atoms with van der Waals surface area (Å²) < 4.78 is 31.2. The zero-order chi connectivity index (χ0) is 12.5. The largest absolute Gasteiger partial charge is 0.790 e. The van der Waals surface area contributed by atoms with E-state index in [2.05, 4.69) is 9.26 Å². The van der Waals surface area contributed by atoms with Crippen LogP contribution in [-0.2, 0) is 13.8 Å². The second-order valence-electron chi connectivity index (χ2n) is 3.23. The lowest BCUT2D eigenvalue weighted by Crippen LogP contribution is -2.57. The third-order valence-electron chi connectivity index (χ3n) is 2.04. The molecule has 0 aliphatic carbocycles. The van der Waals surface area contributed by atoms with E-state index in [9.17, 15) is 23.8 Å². The third-order valence-corrected chi connectivity index (χ3v) is 2.51. The Morgan fingerprint density at radius 1 is 1.31 bits per heavy atom. The van der Waals surface area contributed by atoms with Crippen LogP contribution in [0.15, 0.2) is 0 Å². The van der Waals surface area contributed by atoms with Gasteiger partial charge in [-0.05, 0) is 0 Å². The Morgan fingerprint density at radius 3 is 2.38 bits per heavy atom. The number of halogens is 1. The summed E-state index contributed by atoms with van der Waals surface area (Å²) in [6, 6.07) is 0. The normalized spacial score (nSPS) is 41.0. The maximum atomic E-state index is 12.9. The van der Waals surface area contributed by atoms with E-state index in [4.69, 9.17) is 10.2 Å². The Bertz CT molecular complexity index is 282. The maximum absolute atomic E-state index is 12.9. The highest BCUT2D eigenvalue weighted by Gasteiger charge is 2.44. The van der Waals surface area contributed by atoms with Gasteiger partial charge in [0.15, 0.2) is 12.5 Å². The number of ether oxygens (including phenoxy) is 1. The topological polar surface area (TPSA) is 142 Å². The SMILES string of the molecule is O=P([O-])([O-])OC[C@H]1OC(O)[C@H](F)[C@@H](O)[C@@H]1O. The molecule has 1 rings (SSSR count). The molecule has 1 saturated heterocycles. The van der Waals surface area contributed by atoms with Gasteiger partial charge in [0.2, 0.25) is 0 Å². The van der Waals surface area contributed by atoms with Gasteiger partial charge in [-0.25, -0.2) is 4.39 Å².